The summed E-state index contributed by atoms with van der Waals surface area (Å²) in [5.41, 5.74) is 2.41. The fourth-order valence-corrected chi connectivity index (χ4v) is 5.35. The Hall–Kier alpha value is -5.44. The molecular formula is C38H43F2N6O4+. The van der Waals surface area contributed by atoms with Gasteiger partial charge in [-0.1, -0.05) is 25.0 Å². The van der Waals surface area contributed by atoms with Crippen LogP contribution in [0.4, 0.5) is 25.0 Å². The van der Waals surface area contributed by atoms with Gasteiger partial charge in [-0.2, -0.15) is 9.68 Å². The average Bonchev–Trinajstić information content (AvgIpc) is 3.08. The summed E-state index contributed by atoms with van der Waals surface area (Å²) < 4.78 is 50.8. The third kappa shape index (κ3) is 8.58. The molecule has 2 aromatic carbocycles. The summed E-state index contributed by atoms with van der Waals surface area (Å²) in [5, 5.41) is 8.95. The molecule has 0 aliphatic carbocycles. The smallest absolute Gasteiger partial charge is 0.411 e. The highest BCUT2D eigenvalue weighted by Crippen LogP contribution is 2.38. The van der Waals surface area contributed by atoms with Crippen molar-refractivity contribution in [3.8, 4) is 23.8 Å². The lowest BCUT2D eigenvalue weighted by atomic mass is 10.0. The summed E-state index contributed by atoms with van der Waals surface area (Å²) in [6.45, 7) is 13.2. The van der Waals surface area contributed by atoms with Crippen molar-refractivity contribution >= 4 is 35.2 Å². The molecule has 262 valence electrons. The highest BCUT2D eigenvalue weighted by atomic mass is 19.1. The molecule has 3 aliphatic heterocycles. The molecule has 50 heavy (non-hydrogen) atoms. The van der Waals surface area contributed by atoms with E-state index < -0.39 is 17.2 Å². The molecule has 0 aromatic heterocycles. The molecule has 1 N–H and O–H groups in total. The summed E-state index contributed by atoms with van der Waals surface area (Å²) in [4.78, 5) is 19.1. The van der Waals surface area contributed by atoms with Crippen molar-refractivity contribution in [3.05, 3.63) is 83.4 Å². The first-order chi connectivity index (χ1) is 23.9. The Bertz CT molecular complexity index is 1870. The lowest BCUT2D eigenvalue weighted by Gasteiger charge is -2.31. The van der Waals surface area contributed by atoms with Crippen molar-refractivity contribution in [2.75, 3.05) is 38.1 Å². The van der Waals surface area contributed by atoms with Crippen LogP contribution in [-0.4, -0.2) is 76.7 Å². The highest BCUT2D eigenvalue weighted by Gasteiger charge is 2.38. The molecule has 0 bridgehead atoms. The van der Waals surface area contributed by atoms with Crippen LogP contribution < -0.4 is 14.8 Å². The fourth-order valence-electron chi connectivity index (χ4n) is 5.35. The molecule has 0 unspecified atom stereocenters. The number of ether oxygens (including phenoxy) is 3. The minimum Gasteiger partial charge on any atom is -0.475 e. The number of nitrogens with zero attached hydrogens (tertiary/aromatic N) is 5. The van der Waals surface area contributed by atoms with Gasteiger partial charge in [0.05, 0.1) is 30.3 Å². The Morgan fingerprint density at radius 1 is 1.26 bits per heavy atom. The number of benzene rings is 2. The van der Waals surface area contributed by atoms with Crippen LogP contribution in [0.15, 0.2) is 70.7 Å². The van der Waals surface area contributed by atoms with Gasteiger partial charge in [0, 0.05) is 36.8 Å². The van der Waals surface area contributed by atoms with Gasteiger partial charge in [-0.25, -0.2) is 18.6 Å². The van der Waals surface area contributed by atoms with Crippen LogP contribution in [-0.2, 0) is 4.74 Å². The quantitative estimate of drug-likeness (QED) is 0.138. The van der Waals surface area contributed by atoms with Crippen molar-refractivity contribution in [3.63, 3.8) is 0 Å². The fraction of sp³-hybridized carbons (Fsp3) is 0.368. The molecule has 0 radical (unpaired) electrons. The largest absolute Gasteiger partial charge is 0.475 e. The van der Waals surface area contributed by atoms with Crippen LogP contribution in [0.2, 0.25) is 0 Å². The van der Waals surface area contributed by atoms with Gasteiger partial charge in [-0.05, 0) is 58.8 Å². The first-order valence-corrected chi connectivity index (χ1v) is 16.6. The zero-order chi connectivity index (χ0) is 36.0. The number of amides is 1. The van der Waals surface area contributed by atoms with Gasteiger partial charge in [-0.3, -0.25) is 9.91 Å². The molecule has 0 spiro atoms. The lowest BCUT2D eigenvalue weighted by molar-refractivity contribution is -0.453. The van der Waals surface area contributed by atoms with E-state index in [4.69, 9.17) is 20.6 Å². The molecule has 2 aromatic rings. The Morgan fingerprint density at radius 2 is 2.06 bits per heavy atom. The second-order valence-corrected chi connectivity index (χ2v) is 13.0. The van der Waals surface area contributed by atoms with Gasteiger partial charge >= 0.3 is 6.09 Å². The molecule has 10 nitrogen and oxygen atoms in total. The first-order valence-electron chi connectivity index (χ1n) is 16.6. The van der Waals surface area contributed by atoms with E-state index in [0.717, 1.165) is 35.5 Å². The van der Waals surface area contributed by atoms with E-state index in [1.807, 2.05) is 59.8 Å². The van der Waals surface area contributed by atoms with E-state index in [1.54, 1.807) is 40.7 Å². The minimum atomic E-state index is -0.764. The number of aliphatic imine (C=N–C) groups is 1. The number of fused-ring (bicyclic) bond motifs is 2. The normalized spacial score (nSPS) is 16.9. The Morgan fingerprint density at radius 3 is 2.76 bits per heavy atom. The van der Waals surface area contributed by atoms with Gasteiger partial charge < -0.3 is 19.5 Å². The number of allylic oxidation sites excluding steroid dienone is 2. The number of anilines is 1. The van der Waals surface area contributed by atoms with Crippen molar-refractivity contribution in [1.29, 1.82) is 0 Å². The van der Waals surface area contributed by atoms with E-state index in [0.29, 0.717) is 43.3 Å². The number of nitrogens with one attached hydrogen (secondary N) is 1. The Balaban J connectivity index is 1.39. The van der Waals surface area contributed by atoms with Crippen LogP contribution in [0.3, 0.4) is 0 Å². The van der Waals surface area contributed by atoms with Crippen LogP contribution in [0, 0.1) is 36.8 Å². The maximum atomic E-state index is 15.6. The number of carbonyl (C=O) groups is 1. The predicted octanol–water partition coefficient (Wildman–Crippen LogP) is 7.13. The van der Waals surface area contributed by atoms with Gasteiger partial charge in [0.1, 0.15) is 23.7 Å². The van der Waals surface area contributed by atoms with Crippen molar-refractivity contribution < 1.29 is 32.4 Å². The maximum Gasteiger partial charge on any atom is 0.411 e. The summed E-state index contributed by atoms with van der Waals surface area (Å²) >= 11 is 0. The molecule has 0 fully saturated rings. The van der Waals surface area contributed by atoms with E-state index in [1.165, 1.54) is 0 Å². The Labute approximate surface area is 292 Å². The lowest BCUT2D eigenvalue weighted by Crippen LogP contribution is -2.50. The number of hydrogen-bond acceptors (Lipinski definition) is 7. The number of aryl methyl sites for hydroxylation is 1. The second kappa shape index (κ2) is 15.4. The standard InChI is InChI=1S/C38H43F2N6O4/c1-8-10-15-41-36(43-31-20-30(40)33(21-29(31)39)49-28-13-16-45(17-14-28)42-22-25(3)9-2)34-26(4)11-12-32-35(34)48-24-27-23-44(18-19-46(27)32)37(47)50-38(5,6)7/h2,10-16,20-22,25H,8,17-19,23-24H2,1,3-7H3,(H,41,43)/q+1/b15-10+,42-22-/t25-/m1/s1. The number of hydrogen-bond donors (Lipinski definition) is 1. The van der Waals surface area contributed by atoms with Crippen molar-refractivity contribution in [1.82, 2.24) is 9.91 Å². The molecule has 3 heterocycles. The maximum absolute atomic E-state index is 15.6. The molecule has 5 rings (SSSR count). The van der Waals surface area contributed by atoms with Gasteiger partial charge in [0.15, 0.2) is 30.5 Å². The topological polar surface area (TPSA) is 91.0 Å². The molecule has 0 saturated heterocycles. The summed E-state index contributed by atoms with van der Waals surface area (Å²) in [7, 11) is 0. The van der Waals surface area contributed by atoms with Gasteiger partial charge in [0.25, 0.3) is 0 Å². The van der Waals surface area contributed by atoms with Crippen LogP contribution in [0.25, 0.3) is 0 Å². The number of carbonyl (C=O) groups excluding carboxylic acids is 1. The highest BCUT2D eigenvalue weighted by molar-refractivity contribution is 6.12. The molecule has 0 saturated carbocycles. The third-order valence-electron chi connectivity index (χ3n) is 7.90. The first kappa shape index (κ1) is 35.9. The molecule has 1 atom stereocenters. The number of halogens is 2. The predicted molar refractivity (Wildman–Crippen MR) is 191 cm³/mol. The van der Waals surface area contributed by atoms with Crippen LogP contribution in [0.1, 0.15) is 52.2 Å². The second-order valence-electron chi connectivity index (χ2n) is 13.0. The Kier molecular flexibility index (Phi) is 11.0. The number of rotatable bonds is 8. The summed E-state index contributed by atoms with van der Waals surface area (Å²) in [5.74, 6) is 1.87. The summed E-state index contributed by atoms with van der Waals surface area (Å²) in [6.07, 6.45) is 15.8. The van der Waals surface area contributed by atoms with Crippen molar-refractivity contribution in [2.45, 2.75) is 53.6 Å². The third-order valence-corrected chi connectivity index (χ3v) is 7.90. The average molecular weight is 686 g/mol. The number of hydrazone groups is 1. The number of terminal acetylenes is 1. The van der Waals surface area contributed by atoms with E-state index in [2.05, 4.69) is 25.9 Å². The zero-order valence-corrected chi connectivity index (χ0v) is 29.3. The van der Waals surface area contributed by atoms with Gasteiger partial charge in [-0.15, -0.1) is 6.42 Å². The molecular weight excluding hydrogens is 642 g/mol. The van der Waals surface area contributed by atoms with Crippen LogP contribution in [0.5, 0.6) is 11.5 Å². The molecule has 3 aliphatic rings. The summed E-state index contributed by atoms with van der Waals surface area (Å²) in [6, 6.07) is 5.94. The zero-order valence-electron chi connectivity index (χ0n) is 29.3. The minimum absolute atomic E-state index is 0.119. The van der Waals surface area contributed by atoms with Crippen LogP contribution >= 0.6 is 0 Å². The van der Waals surface area contributed by atoms with Gasteiger partial charge in [0.2, 0.25) is 17.1 Å². The SMILES string of the molecule is C#C[C@@H](C)/C=N\N1C=CC(Oc2cc(F)c(NC(=N/C=C/CC)c3c(C)ccc4c3OCC3=[N+]4CCN(C(=O)OC(C)(C)C)C3)cc2F)=CC1. The molecule has 12 heteroatoms. The van der Waals surface area contributed by atoms with Crippen molar-refractivity contribution in [2.24, 2.45) is 16.0 Å². The molecule has 1 amide bonds. The number of amidine groups is 1. The van der Waals surface area contributed by atoms with E-state index >= 15 is 8.78 Å². The van der Waals surface area contributed by atoms with E-state index in [-0.39, 0.29) is 35.9 Å². The van der Waals surface area contributed by atoms with E-state index in [9.17, 15) is 4.79 Å². The monoisotopic (exact) mass is 685 g/mol.